The summed E-state index contributed by atoms with van der Waals surface area (Å²) in [4.78, 5) is 36.0. The number of amides is 1. The molecule has 4 aliphatic rings. The summed E-state index contributed by atoms with van der Waals surface area (Å²) in [6.07, 6.45) is 3.64. The molecule has 8 nitrogen and oxygen atoms in total. The maximum Gasteiger partial charge on any atom is 0.259 e. The quantitative estimate of drug-likeness (QED) is 0.234. The summed E-state index contributed by atoms with van der Waals surface area (Å²) in [5.74, 6) is -2.59. The number of hydrogen-bond acceptors (Lipinski definition) is 7. The molecule has 2 bridgehead atoms. The summed E-state index contributed by atoms with van der Waals surface area (Å²) in [7, 11) is 0. The van der Waals surface area contributed by atoms with E-state index in [0.29, 0.717) is 0 Å². The van der Waals surface area contributed by atoms with Gasteiger partial charge in [-0.3, -0.25) is 14.4 Å². The zero-order valence-corrected chi connectivity index (χ0v) is 17.7. The number of ketones is 2. The molecule has 162 valence electrons. The summed E-state index contributed by atoms with van der Waals surface area (Å²) in [6.45, 7) is 9.34. The Balaban J connectivity index is 1.51. The molecular weight excluding hydrogens is 390 g/mol. The summed E-state index contributed by atoms with van der Waals surface area (Å²) < 4.78 is 18.0. The van der Waals surface area contributed by atoms with Gasteiger partial charge in [0.25, 0.3) is 5.91 Å². The van der Waals surface area contributed by atoms with Crippen molar-refractivity contribution in [1.29, 1.82) is 0 Å². The molecule has 7 atom stereocenters. The number of aliphatic hydroxyl groups is 1. The molecule has 0 saturated carbocycles. The smallest absolute Gasteiger partial charge is 0.259 e. The third-order valence-corrected chi connectivity index (χ3v) is 6.67. The van der Waals surface area contributed by atoms with Gasteiger partial charge in [0, 0.05) is 11.8 Å². The predicted molar refractivity (Wildman–Crippen MR) is 105 cm³/mol. The van der Waals surface area contributed by atoms with Crippen LogP contribution >= 0.6 is 0 Å². The minimum Gasteiger partial charge on any atom is -0.507 e. The number of Topliss-reactive ketones (excluding diaryl/α,β-unsaturated/α-hetero) is 2. The van der Waals surface area contributed by atoms with Gasteiger partial charge in [0.05, 0.1) is 12.6 Å². The van der Waals surface area contributed by atoms with Crippen LogP contribution in [0.5, 0.6) is 0 Å². The van der Waals surface area contributed by atoms with Crippen molar-refractivity contribution in [3.63, 3.8) is 0 Å². The molecule has 2 N–H and O–H groups in total. The van der Waals surface area contributed by atoms with E-state index >= 15 is 0 Å². The number of hydrogen-bond donors (Lipinski definition) is 2. The number of aliphatic hydroxyl groups excluding tert-OH is 1. The van der Waals surface area contributed by atoms with Crippen LogP contribution in [-0.4, -0.2) is 58.8 Å². The normalized spacial score (nSPS) is 43.5. The van der Waals surface area contributed by atoms with Gasteiger partial charge in [-0.2, -0.15) is 0 Å². The van der Waals surface area contributed by atoms with Gasteiger partial charge in [-0.05, 0) is 26.8 Å². The lowest BCUT2D eigenvalue weighted by atomic mass is 9.78. The lowest BCUT2D eigenvalue weighted by molar-refractivity contribution is -0.350. The van der Waals surface area contributed by atoms with E-state index in [4.69, 9.17) is 14.2 Å². The molecule has 30 heavy (non-hydrogen) atoms. The fourth-order valence-electron chi connectivity index (χ4n) is 4.67. The highest BCUT2D eigenvalue weighted by Gasteiger charge is 2.76. The first kappa shape index (κ1) is 21.0. The number of ether oxygens (including phenoxy) is 3. The monoisotopic (exact) mass is 417 g/mol. The number of fused-ring (bicyclic) bond motifs is 4. The van der Waals surface area contributed by atoms with Crippen molar-refractivity contribution in [2.24, 2.45) is 11.8 Å². The number of rotatable bonds is 4. The Morgan fingerprint density at radius 1 is 1.20 bits per heavy atom. The summed E-state index contributed by atoms with van der Waals surface area (Å²) in [5, 5.41) is 12.5. The first-order valence-corrected chi connectivity index (χ1v) is 10.2. The molecule has 0 aromatic heterocycles. The number of carbonyl (C=O) groups excluding carboxylic acids is 3. The summed E-state index contributed by atoms with van der Waals surface area (Å²) >= 11 is 0. The van der Waals surface area contributed by atoms with E-state index in [1.165, 1.54) is 6.08 Å². The van der Waals surface area contributed by atoms with Crippen molar-refractivity contribution in [3.05, 3.63) is 35.1 Å². The van der Waals surface area contributed by atoms with E-state index in [-0.39, 0.29) is 41.6 Å². The molecule has 0 aromatic carbocycles. The van der Waals surface area contributed by atoms with Crippen molar-refractivity contribution in [3.8, 4) is 0 Å². The van der Waals surface area contributed by atoms with Crippen molar-refractivity contribution >= 4 is 17.5 Å². The Morgan fingerprint density at radius 2 is 1.90 bits per heavy atom. The number of nitrogens with one attached hydrogen (secondary N) is 1. The molecular formula is C22H27NO7. The van der Waals surface area contributed by atoms with E-state index in [9.17, 15) is 19.5 Å². The molecule has 0 spiro atoms. The third kappa shape index (κ3) is 3.05. The van der Waals surface area contributed by atoms with Crippen LogP contribution in [-0.2, 0) is 28.6 Å². The van der Waals surface area contributed by atoms with Gasteiger partial charge in [0.2, 0.25) is 0 Å². The van der Waals surface area contributed by atoms with Gasteiger partial charge >= 0.3 is 0 Å². The molecule has 4 heterocycles. The SMILES string of the molecule is CC(/C=C/C(O)=C1\C(=O)CNC1=O)=C\[C@@H](C)[C@H]1OC2(C)O[C@@H](C(=O)[C@@H]3O[C@@]32C)[C@@H]1C. The number of carbonyl (C=O) groups is 3. The van der Waals surface area contributed by atoms with E-state index in [2.05, 4.69) is 5.32 Å². The molecule has 4 fully saturated rings. The van der Waals surface area contributed by atoms with Gasteiger partial charge in [0.1, 0.15) is 17.4 Å². The minimum atomic E-state index is -0.988. The fourth-order valence-corrected chi connectivity index (χ4v) is 4.67. The largest absolute Gasteiger partial charge is 0.507 e. The average Bonchev–Trinajstić information content (AvgIpc) is 3.29. The van der Waals surface area contributed by atoms with Gasteiger partial charge in [0.15, 0.2) is 29.1 Å². The van der Waals surface area contributed by atoms with Crippen LogP contribution in [0.3, 0.4) is 0 Å². The van der Waals surface area contributed by atoms with Gasteiger partial charge < -0.3 is 24.6 Å². The van der Waals surface area contributed by atoms with Crippen LogP contribution in [0, 0.1) is 11.8 Å². The fraction of sp³-hybridized carbons (Fsp3) is 0.591. The zero-order valence-electron chi connectivity index (χ0n) is 17.7. The lowest BCUT2D eigenvalue weighted by Crippen LogP contribution is -2.66. The maximum atomic E-state index is 12.7. The Morgan fingerprint density at radius 3 is 2.53 bits per heavy atom. The van der Waals surface area contributed by atoms with E-state index < -0.39 is 35.3 Å². The van der Waals surface area contributed by atoms with Crippen LogP contribution < -0.4 is 5.32 Å². The molecule has 0 aliphatic carbocycles. The first-order chi connectivity index (χ1) is 14.0. The third-order valence-electron chi connectivity index (χ3n) is 6.67. The van der Waals surface area contributed by atoms with E-state index in [0.717, 1.165) is 5.57 Å². The van der Waals surface area contributed by atoms with Crippen LogP contribution in [0.15, 0.2) is 35.1 Å². The maximum absolute atomic E-state index is 12.7. The first-order valence-electron chi connectivity index (χ1n) is 10.2. The second-order valence-electron chi connectivity index (χ2n) is 8.90. The highest BCUT2D eigenvalue weighted by atomic mass is 16.8. The molecule has 4 rings (SSSR count). The van der Waals surface area contributed by atoms with E-state index in [1.54, 1.807) is 6.08 Å². The molecule has 4 aliphatic heterocycles. The summed E-state index contributed by atoms with van der Waals surface area (Å²) in [6, 6.07) is 0. The Labute approximate surface area is 174 Å². The molecule has 1 amide bonds. The number of epoxide rings is 1. The highest BCUT2D eigenvalue weighted by Crippen LogP contribution is 2.57. The van der Waals surface area contributed by atoms with Crippen LogP contribution in [0.4, 0.5) is 0 Å². The summed E-state index contributed by atoms with van der Waals surface area (Å²) in [5.41, 5.74) is -0.167. The van der Waals surface area contributed by atoms with E-state index in [1.807, 2.05) is 40.7 Å². The van der Waals surface area contributed by atoms with Crippen molar-refractivity contribution in [2.45, 2.75) is 64.3 Å². The molecule has 4 saturated heterocycles. The van der Waals surface area contributed by atoms with Crippen LogP contribution in [0.25, 0.3) is 0 Å². The molecule has 0 radical (unpaired) electrons. The number of allylic oxidation sites excluding steroid dienone is 3. The van der Waals surface area contributed by atoms with Crippen molar-refractivity contribution < 1.29 is 33.7 Å². The molecule has 0 aromatic rings. The van der Waals surface area contributed by atoms with Gasteiger partial charge in [-0.25, -0.2) is 0 Å². The highest BCUT2D eigenvalue weighted by molar-refractivity contribution is 6.25. The van der Waals surface area contributed by atoms with Gasteiger partial charge in [-0.15, -0.1) is 0 Å². The second kappa shape index (κ2) is 6.87. The molecule has 8 heteroatoms. The van der Waals surface area contributed by atoms with Crippen LogP contribution in [0.1, 0.15) is 34.6 Å². The Hall–Kier alpha value is -2.29. The van der Waals surface area contributed by atoms with Crippen molar-refractivity contribution in [2.75, 3.05) is 6.54 Å². The average molecular weight is 417 g/mol. The second-order valence-corrected chi connectivity index (χ2v) is 8.90. The van der Waals surface area contributed by atoms with Gasteiger partial charge in [-0.1, -0.05) is 31.6 Å². The molecule has 1 unspecified atom stereocenters. The standard InChI is InChI=1S/C22H27NO7/c1-10(6-7-13(24)15-14(25)9-23-20(15)27)8-11(2)17-12(3)18-16(26)19-21(4,30-19)22(5,28-17)29-18/h6-8,11-12,17-19,24H,9H2,1-5H3,(H,23,27)/b7-6+,10-8+,15-13-/t11-,12-,17-,18-,19+,21+,22?/m1/s1. The minimum absolute atomic E-state index is 0.0281. The Bertz CT molecular complexity index is 900. The predicted octanol–water partition coefficient (Wildman–Crippen LogP) is 1.51. The van der Waals surface area contributed by atoms with Crippen LogP contribution in [0.2, 0.25) is 0 Å². The Kier molecular flexibility index (Phi) is 4.80. The van der Waals surface area contributed by atoms with Crippen molar-refractivity contribution in [1.82, 2.24) is 5.32 Å². The zero-order chi connectivity index (χ0) is 22.0. The topological polar surface area (TPSA) is 114 Å². The lowest BCUT2D eigenvalue weighted by Gasteiger charge is -2.51.